The van der Waals surface area contributed by atoms with Gasteiger partial charge in [0.25, 0.3) is 11.8 Å². The Hall–Kier alpha value is -4.83. The van der Waals surface area contributed by atoms with E-state index >= 15 is 0 Å². The molecule has 204 valence electrons. The van der Waals surface area contributed by atoms with Crippen LogP contribution in [0.3, 0.4) is 0 Å². The van der Waals surface area contributed by atoms with Gasteiger partial charge in [-0.05, 0) is 74.0 Å². The first-order valence-corrected chi connectivity index (χ1v) is 13.5. The molecule has 4 aromatic rings. The van der Waals surface area contributed by atoms with Crippen molar-refractivity contribution in [3.63, 3.8) is 0 Å². The summed E-state index contributed by atoms with van der Waals surface area (Å²) in [7, 11) is 0. The number of anilines is 2. The number of hydrogen-bond acceptors (Lipinski definition) is 7. The van der Waals surface area contributed by atoms with Crippen molar-refractivity contribution in [2.75, 3.05) is 23.0 Å². The lowest BCUT2D eigenvalue weighted by atomic mass is 10.1. The average molecular weight is 557 g/mol. The zero-order chi connectivity index (χ0) is 28.3. The van der Waals surface area contributed by atoms with Crippen LogP contribution in [0.1, 0.15) is 28.6 Å². The number of benzene rings is 3. The van der Waals surface area contributed by atoms with Gasteiger partial charge in [-0.15, -0.1) is 11.8 Å². The van der Waals surface area contributed by atoms with Crippen LogP contribution in [0.5, 0.6) is 5.75 Å². The van der Waals surface area contributed by atoms with Gasteiger partial charge < -0.3 is 25.2 Å². The van der Waals surface area contributed by atoms with Crippen molar-refractivity contribution in [3.05, 3.63) is 108 Å². The Labute approximate surface area is 236 Å². The van der Waals surface area contributed by atoms with Crippen LogP contribution in [-0.4, -0.2) is 35.2 Å². The van der Waals surface area contributed by atoms with Gasteiger partial charge in [-0.3, -0.25) is 14.4 Å². The van der Waals surface area contributed by atoms with Crippen molar-refractivity contribution < 1.29 is 23.6 Å². The third-order valence-corrected chi connectivity index (χ3v) is 6.42. The Morgan fingerprint density at radius 1 is 0.950 bits per heavy atom. The number of hydrogen-bond donors (Lipinski definition) is 3. The molecular formula is C30H28N4O5S. The van der Waals surface area contributed by atoms with Crippen LogP contribution in [0.2, 0.25) is 0 Å². The molecule has 4 rings (SSSR count). The smallest absolute Gasteiger partial charge is 0.272 e. The van der Waals surface area contributed by atoms with Crippen LogP contribution < -0.4 is 20.7 Å². The third kappa shape index (κ3) is 8.34. The van der Waals surface area contributed by atoms with E-state index in [1.165, 1.54) is 11.8 Å². The van der Waals surface area contributed by atoms with Crippen LogP contribution in [0.4, 0.5) is 11.5 Å². The number of thioether (sulfide) groups is 1. The van der Waals surface area contributed by atoms with Gasteiger partial charge in [0.2, 0.25) is 5.91 Å². The van der Waals surface area contributed by atoms with Gasteiger partial charge >= 0.3 is 0 Å². The summed E-state index contributed by atoms with van der Waals surface area (Å²) in [5.74, 6) is 0.765. The van der Waals surface area contributed by atoms with E-state index in [0.717, 1.165) is 4.90 Å². The van der Waals surface area contributed by atoms with Gasteiger partial charge in [-0.1, -0.05) is 35.5 Å². The Morgan fingerprint density at radius 3 is 2.33 bits per heavy atom. The zero-order valence-corrected chi connectivity index (χ0v) is 22.8. The number of rotatable bonds is 11. The first-order valence-electron chi connectivity index (χ1n) is 12.5. The summed E-state index contributed by atoms with van der Waals surface area (Å²) in [5.41, 5.74) is 1.75. The maximum absolute atomic E-state index is 13.2. The Balaban J connectivity index is 1.42. The van der Waals surface area contributed by atoms with Gasteiger partial charge in [-0.2, -0.15) is 0 Å². The zero-order valence-electron chi connectivity index (χ0n) is 22.0. The lowest BCUT2D eigenvalue weighted by Gasteiger charge is -2.12. The van der Waals surface area contributed by atoms with Gasteiger partial charge in [0.1, 0.15) is 17.2 Å². The maximum Gasteiger partial charge on any atom is 0.272 e. The summed E-state index contributed by atoms with van der Waals surface area (Å²) < 4.78 is 10.4. The molecule has 0 atom stereocenters. The quantitative estimate of drug-likeness (QED) is 0.164. The number of nitrogens with zero attached hydrogens (tertiary/aromatic N) is 1. The number of carbonyl (C=O) groups excluding carboxylic acids is 3. The minimum atomic E-state index is -0.485. The van der Waals surface area contributed by atoms with Crippen LogP contribution in [0.15, 0.2) is 100 Å². The fourth-order valence-corrected chi connectivity index (χ4v) is 4.22. The van der Waals surface area contributed by atoms with E-state index in [1.54, 1.807) is 91.9 Å². The van der Waals surface area contributed by atoms with Crippen molar-refractivity contribution in [1.29, 1.82) is 0 Å². The number of amides is 3. The van der Waals surface area contributed by atoms with Gasteiger partial charge in [0, 0.05) is 22.2 Å². The fourth-order valence-electron chi connectivity index (χ4n) is 3.52. The Morgan fingerprint density at radius 2 is 1.68 bits per heavy atom. The molecule has 0 bridgehead atoms. The van der Waals surface area contributed by atoms with Crippen molar-refractivity contribution in [2.45, 2.75) is 18.7 Å². The molecule has 0 saturated carbocycles. The minimum absolute atomic E-state index is 0.0798. The molecule has 40 heavy (non-hydrogen) atoms. The van der Waals surface area contributed by atoms with Gasteiger partial charge in [0.05, 0.1) is 12.4 Å². The highest BCUT2D eigenvalue weighted by atomic mass is 32.2. The molecule has 0 radical (unpaired) electrons. The van der Waals surface area contributed by atoms with Crippen molar-refractivity contribution in [3.8, 4) is 5.75 Å². The third-order valence-electron chi connectivity index (χ3n) is 5.41. The number of nitrogens with one attached hydrogen (secondary N) is 3. The summed E-state index contributed by atoms with van der Waals surface area (Å²) >= 11 is 1.34. The highest BCUT2D eigenvalue weighted by Crippen LogP contribution is 2.21. The van der Waals surface area contributed by atoms with Crippen LogP contribution in [0, 0.1) is 6.92 Å². The molecule has 3 amide bonds. The maximum atomic E-state index is 13.2. The number of aryl methyl sites for hydroxylation is 1. The summed E-state index contributed by atoms with van der Waals surface area (Å²) in [6.45, 7) is 4.19. The molecule has 0 spiro atoms. The predicted octanol–water partition coefficient (Wildman–Crippen LogP) is 5.52. The van der Waals surface area contributed by atoms with Gasteiger partial charge in [-0.25, -0.2) is 0 Å². The molecule has 0 aliphatic carbocycles. The SMILES string of the molecule is CCOc1ccc(/C=C(\NC(=O)c2ccccc2)C(=O)Nc2ccc(SCC(=O)Nc3cc(C)on3)cc2)cc1. The molecular weight excluding hydrogens is 528 g/mol. The largest absolute Gasteiger partial charge is 0.494 e. The molecule has 0 unspecified atom stereocenters. The topological polar surface area (TPSA) is 123 Å². The van der Waals surface area contributed by atoms with Crippen molar-refractivity contribution in [2.24, 2.45) is 0 Å². The van der Waals surface area contributed by atoms with Crippen LogP contribution in [-0.2, 0) is 9.59 Å². The molecule has 3 aromatic carbocycles. The number of aromatic nitrogens is 1. The molecule has 1 heterocycles. The molecule has 0 saturated heterocycles. The molecule has 10 heteroatoms. The van der Waals surface area contributed by atoms with Gasteiger partial charge in [0.15, 0.2) is 5.82 Å². The normalized spacial score (nSPS) is 11.0. The Bertz CT molecular complexity index is 1480. The van der Waals surface area contributed by atoms with E-state index < -0.39 is 11.8 Å². The van der Waals surface area contributed by atoms with E-state index in [-0.39, 0.29) is 17.4 Å². The molecule has 0 aliphatic heterocycles. The molecule has 9 nitrogen and oxygen atoms in total. The average Bonchev–Trinajstić information content (AvgIpc) is 3.38. The second-order valence-corrected chi connectivity index (χ2v) is 9.57. The Kier molecular flexibility index (Phi) is 9.73. The lowest BCUT2D eigenvalue weighted by Crippen LogP contribution is -2.30. The first kappa shape index (κ1) is 28.2. The molecule has 0 fully saturated rings. The predicted molar refractivity (Wildman–Crippen MR) is 155 cm³/mol. The van der Waals surface area contributed by atoms with Crippen molar-refractivity contribution >= 4 is 47.1 Å². The van der Waals surface area contributed by atoms with E-state index in [0.29, 0.717) is 40.7 Å². The van der Waals surface area contributed by atoms with Crippen molar-refractivity contribution in [1.82, 2.24) is 10.5 Å². The lowest BCUT2D eigenvalue weighted by molar-refractivity contribution is -0.114. The van der Waals surface area contributed by atoms with E-state index in [1.807, 2.05) is 13.0 Å². The number of carbonyl (C=O) groups is 3. The van der Waals surface area contributed by atoms with E-state index in [2.05, 4.69) is 21.1 Å². The van der Waals surface area contributed by atoms with Crippen LogP contribution >= 0.6 is 11.8 Å². The standard InChI is InChI=1S/C30H28N4O5S/c1-3-38-24-13-9-21(10-14-24)18-26(32-29(36)22-7-5-4-6-8-22)30(37)31-23-11-15-25(16-12-23)40-19-28(35)33-27-17-20(2)39-34-27/h4-18H,3,19H2,1-2H3,(H,31,37)(H,32,36)(H,33,34,35)/b26-18-. The summed E-state index contributed by atoms with van der Waals surface area (Å²) in [4.78, 5) is 39.1. The monoisotopic (exact) mass is 556 g/mol. The van der Waals surface area contributed by atoms with E-state index in [9.17, 15) is 14.4 Å². The number of ether oxygens (including phenoxy) is 1. The summed E-state index contributed by atoms with van der Waals surface area (Å²) in [6.07, 6.45) is 1.60. The molecule has 3 N–H and O–H groups in total. The molecule has 1 aromatic heterocycles. The molecule has 0 aliphatic rings. The second-order valence-electron chi connectivity index (χ2n) is 8.52. The first-order chi connectivity index (χ1) is 19.4. The summed E-state index contributed by atoms with van der Waals surface area (Å²) in [5, 5.41) is 12.0. The highest BCUT2D eigenvalue weighted by molar-refractivity contribution is 8.00. The van der Waals surface area contributed by atoms with E-state index in [4.69, 9.17) is 9.26 Å². The van der Waals surface area contributed by atoms with Crippen LogP contribution in [0.25, 0.3) is 6.08 Å². The minimum Gasteiger partial charge on any atom is -0.494 e. The summed E-state index contributed by atoms with van der Waals surface area (Å²) in [6, 6.07) is 24.6. The fraction of sp³-hybridized carbons (Fsp3) is 0.133. The second kappa shape index (κ2) is 13.8. The highest BCUT2D eigenvalue weighted by Gasteiger charge is 2.15.